The summed E-state index contributed by atoms with van der Waals surface area (Å²) in [5.41, 5.74) is 3.63. The number of rotatable bonds is 19. The Morgan fingerprint density at radius 2 is 1.25 bits per heavy atom. The van der Waals surface area contributed by atoms with E-state index in [4.69, 9.17) is 9.72 Å². The van der Waals surface area contributed by atoms with Crippen LogP contribution in [0.2, 0.25) is 0 Å². The van der Waals surface area contributed by atoms with Crippen LogP contribution in [0.4, 0.5) is 0 Å². The zero-order valence-corrected chi connectivity index (χ0v) is 23.3. The fourth-order valence-corrected chi connectivity index (χ4v) is 5.05. The van der Waals surface area contributed by atoms with Crippen molar-refractivity contribution in [1.82, 2.24) is 9.55 Å². The van der Waals surface area contributed by atoms with Crippen molar-refractivity contribution in [2.45, 2.75) is 130 Å². The fraction of sp³-hybridized carbons (Fsp3) is 0.606. The first-order chi connectivity index (χ1) is 17.7. The number of hydrogen-bond donors (Lipinski definition) is 0. The molecule has 0 aliphatic carbocycles. The van der Waals surface area contributed by atoms with Crippen LogP contribution in [-0.2, 0) is 13.2 Å². The number of fused-ring (bicyclic) bond motifs is 1. The smallest absolute Gasteiger partial charge is 0.147 e. The standard InChI is InChI=1S/C33H50N2O/c1-4-5-6-7-8-9-10-11-12-13-14-15-16-19-26-35-32-21-18-17-20-31(32)34-33(35)27-36-30-24-22-29(23-25-30)28(2)3/h17-18,20-25,28H,4-16,19,26-27H2,1-3H3. The molecule has 0 atom stereocenters. The molecule has 1 aromatic heterocycles. The largest absolute Gasteiger partial charge is 0.486 e. The van der Waals surface area contributed by atoms with Crippen LogP contribution in [0.3, 0.4) is 0 Å². The van der Waals surface area contributed by atoms with Gasteiger partial charge in [0.05, 0.1) is 11.0 Å². The van der Waals surface area contributed by atoms with E-state index in [0.29, 0.717) is 12.5 Å². The maximum absolute atomic E-state index is 6.14. The minimum absolute atomic E-state index is 0.508. The zero-order valence-electron chi connectivity index (χ0n) is 23.3. The molecule has 0 aliphatic rings. The number of aryl methyl sites for hydroxylation is 1. The Labute approximate surface area is 220 Å². The van der Waals surface area contributed by atoms with Crippen molar-refractivity contribution in [1.29, 1.82) is 0 Å². The second kappa shape index (κ2) is 16.5. The highest BCUT2D eigenvalue weighted by Gasteiger charge is 2.11. The van der Waals surface area contributed by atoms with Gasteiger partial charge in [0.25, 0.3) is 0 Å². The molecule has 0 aliphatic heterocycles. The Hall–Kier alpha value is -2.29. The van der Waals surface area contributed by atoms with E-state index in [-0.39, 0.29) is 0 Å². The SMILES string of the molecule is CCCCCCCCCCCCCCCCn1c(COc2ccc(C(C)C)cc2)nc2ccccc21. The molecule has 36 heavy (non-hydrogen) atoms. The highest BCUT2D eigenvalue weighted by Crippen LogP contribution is 2.22. The molecule has 3 aromatic rings. The van der Waals surface area contributed by atoms with Gasteiger partial charge < -0.3 is 9.30 Å². The molecule has 1 heterocycles. The molecule has 0 saturated heterocycles. The van der Waals surface area contributed by atoms with Crippen LogP contribution in [0, 0.1) is 0 Å². The quantitative estimate of drug-likeness (QED) is 0.156. The number of unbranched alkanes of at least 4 members (excludes halogenated alkanes) is 13. The summed E-state index contributed by atoms with van der Waals surface area (Å²) in [6.07, 6.45) is 19.4. The van der Waals surface area contributed by atoms with Gasteiger partial charge in [-0.1, -0.05) is 129 Å². The lowest BCUT2D eigenvalue weighted by atomic mass is 10.0. The van der Waals surface area contributed by atoms with Crippen LogP contribution in [-0.4, -0.2) is 9.55 Å². The van der Waals surface area contributed by atoms with Gasteiger partial charge in [-0.2, -0.15) is 0 Å². The molecule has 3 rings (SSSR count). The van der Waals surface area contributed by atoms with Gasteiger partial charge in [0.15, 0.2) is 0 Å². The molecule has 0 fully saturated rings. The van der Waals surface area contributed by atoms with E-state index in [0.717, 1.165) is 23.6 Å². The Morgan fingerprint density at radius 3 is 1.83 bits per heavy atom. The molecule has 0 radical (unpaired) electrons. The van der Waals surface area contributed by atoms with E-state index in [1.54, 1.807) is 0 Å². The number of ether oxygens (including phenoxy) is 1. The van der Waals surface area contributed by atoms with Gasteiger partial charge in [0.1, 0.15) is 18.2 Å². The zero-order chi connectivity index (χ0) is 25.4. The van der Waals surface area contributed by atoms with Crippen LogP contribution in [0.25, 0.3) is 11.0 Å². The summed E-state index contributed by atoms with van der Waals surface area (Å²) in [6, 6.07) is 17.0. The molecule has 3 heteroatoms. The predicted octanol–water partition coefficient (Wildman–Crippen LogP) is 10.2. The molecular formula is C33H50N2O. The van der Waals surface area contributed by atoms with Crippen LogP contribution < -0.4 is 4.74 Å². The van der Waals surface area contributed by atoms with Crippen molar-refractivity contribution in [3.63, 3.8) is 0 Å². The second-order valence-corrected chi connectivity index (χ2v) is 10.8. The van der Waals surface area contributed by atoms with Crippen LogP contribution >= 0.6 is 0 Å². The molecule has 0 amide bonds. The van der Waals surface area contributed by atoms with Crippen molar-refractivity contribution in [3.05, 3.63) is 59.9 Å². The van der Waals surface area contributed by atoms with Crippen LogP contribution in [0.5, 0.6) is 5.75 Å². The summed E-state index contributed by atoms with van der Waals surface area (Å²) in [4.78, 5) is 4.90. The van der Waals surface area contributed by atoms with Gasteiger partial charge in [-0.3, -0.25) is 0 Å². The number of imidazole rings is 1. The summed E-state index contributed by atoms with van der Waals surface area (Å²) < 4.78 is 8.51. The molecule has 0 spiro atoms. The number of benzene rings is 2. The summed E-state index contributed by atoms with van der Waals surface area (Å²) in [5.74, 6) is 2.47. The third-order valence-electron chi connectivity index (χ3n) is 7.38. The van der Waals surface area contributed by atoms with Crippen molar-refractivity contribution < 1.29 is 4.74 Å². The summed E-state index contributed by atoms with van der Waals surface area (Å²) >= 11 is 0. The third kappa shape index (κ3) is 9.64. The summed E-state index contributed by atoms with van der Waals surface area (Å²) in [5, 5.41) is 0. The molecule has 198 valence electrons. The topological polar surface area (TPSA) is 27.1 Å². The van der Waals surface area contributed by atoms with Crippen LogP contribution in [0.15, 0.2) is 48.5 Å². The Kier molecular flexibility index (Phi) is 12.9. The second-order valence-electron chi connectivity index (χ2n) is 10.8. The molecule has 2 aromatic carbocycles. The highest BCUT2D eigenvalue weighted by atomic mass is 16.5. The monoisotopic (exact) mass is 490 g/mol. The lowest BCUT2D eigenvalue weighted by molar-refractivity contribution is 0.289. The number of hydrogen-bond acceptors (Lipinski definition) is 2. The number of aromatic nitrogens is 2. The van der Waals surface area contributed by atoms with Crippen molar-refractivity contribution >= 4 is 11.0 Å². The lowest BCUT2D eigenvalue weighted by Crippen LogP contribution is -2.07. The molecule has 0 bridgehead atoms. The Balaban J connectivity index is 1.35. The van der Waals surface area contributed by atoms with E-state index < -0.39 is 0 Å². The van der Waals surface area contributed by atoms with E-state index in [2.05, 4.69) is 73.9 Å². The van der Waals surface area contributed by atoms with E-state index in [1.165, 1.54) is 101 Å². The average molecular weight is 491 g/mol. The first-order valence-electron chi connectivity index (χ1n) is 14.9. The van der Waals surface area contributed by atoms with Gasteiger partial charge in [0.2, 0.25) is 0 Å². The number of para-hydroxylation sites is 2. The maximum Gasteiger partial charge on any atom is 0.147 e. The van der Waals surface area contributed by atoms with E-state index >= 15 is 0 Å². The van der Waals surface area contributed by atoms with Crippen LogP contribution in [0.1, 0.15) is 128 Å². The van der Waals surface area contributed by atoms with Gasteiger partial charge >= 0.3 is 0 Å². The Morgan fingerprint density at radius 1 is 0.694 bits per heavy atom. The maximum atomic E-state index is 6.14. The van der Waals surface area contributed by atoms with Gasteiger partial charge in [-0.15, -0.1) is 0 Å². The minimum atomic E-state index is 0.508. The van der Waals surface area contributed by atoms with Crippen molar-refractivity contribution in [3.8, 4) is 5.75 Å². The average Bonchev–Trinajstić information content (AvgIpc) is 3.25. The molecule has 3 nitrogen and oxygen atoms in total. The predicted molar refractivity (Wildman–Crippen MR) is 155 cm³/mol. The third-order valence-corrected chi connectivity index (χ3v) is 7.38. The fourth-order valence-electron chi connectivity index (χ4n) is 5.05. The molecule has 0 saturated carbocycles. The van der Waals surface area contributed by atoms with Gasteiger partial charge in [0, 0.05) is 6.54 Å². The minimum Gasteiger partial charge on any atom is -0.486 e. The molecule has 0 N–H and O–H groups in total. The van der Waals surface area contributed by atoms with Gasteiger partial charge in [-0.05, 0) is 42.2 Å². The van der Waals surface area contributed by atoms with E-state index in [1.807, 2.05) is 0 Å². The number of nitrogens with zero attached hydrogens (tertiary/aromatic N) is 2. The summed E-state index contributed by atoms with van der Waals surface area (Å²) in [6.45, 7) is 8.25. The Bertz CT molecular complexity index is 973. The molecule has 0 unspecified atom stereocenters. The van der Waals surface area contributed by atoms with Gasteiger partial charge in [-0.25, -0.2) is 4.98 Å². The molecular weight excluding hydrogens is 440 g/mol. The first kappa shape index (κ1) is 28.3. The highest BCUT2D eigenvalue weighted by molar-refractivity contribution is 5.75. The van der Waals surface area contributed by atoms with Crippen molar-refractivity contribution in [2.75, 3.05) is 0 Å². The first-order valence-corrected chi connectivity index (χ1v) is 14.9. The van der Waals surface area contributed by atoms with Crippen molar-refractivity contribution in [2.24, 2.45) is 0 Å². The lowest BCUT2D eigenvalue weighted by Gasteiger charge is -2.11. The summed E-state index contributed by atoms with van der Waals surface area (Å²) in [7, 11) is 0. The normalized spacial score (nSPS) is 11.6. The van der Waals surface area contributed by atoms with E-state index in [9.17, 15) is 0 Å².